The van der Waals surface area contributed by atoms with Crippen molar-refractivity contribution in [3.8, 4) is 23.1 Å². The summed E-state index contributed by atoms with van der Waals surface area (Å²) in [6, 6.07) is 18.0. The van der Waals surface area contributed by atoms with Crippen molar-refractivity contribution in [3.05, 3.63) is 90.6 Å². The van der Waals surface area contributed by atoms with Crippen molar-refractivity contribution >= 4 is 28.6 Å². The highest BCUT2D eigenvalue weighted by atomic mass is 19.4. The van der Waals surface area contributed by atoms with E-state index < -0.39 is 18.2 Å². The maximum absolute atomic E-state index is 12.8. The maximum atomic E-state index is 12.8. The van der Waals surface area contributed by atoms with Crippen molar-refractivity contribution in [1.29, 1.82) is 5.26 Å². The van der Waals surface area contributed by atoms with Crippen molar-refractivity contribution in [2.45, 2.75) is 18.6 Å². The van der Waals surface area contributed by atoms with Crippen LogP contribution < -0.4 is 10.1 Å². The minimum absolute atomic E-state index is 0.230. The number of carbonyl (C=O) groups is 2. The second kappa shape index (κ2) is 12.6. The average molecular weight is 578 g/mol. The number of ether oxygens (including phenoxy) is 1. The number of amides is 1. The molecule has 3 heterocycles. The van der Waals surface area contributed by atoms with Crippen molar-refractivity contribution in [3.63, 3.8) is 0 Å². The molecule has 3 N–H and O–H groups in total. The summed E-state index contributed by atoms with van der Waals surface area (Å²) in [4.78, 5) is 33.3. The van der Waals surface area contributed by atoms with E-state index in [-0.39, 0.29) is 5.91 Å². The number of nitrogens with zero attached hydrogens (tertiary/aromatic N) is 5. The van der Waals surface area contributed by atoms with Crippen molar-refractivity contribution in [1.82, 2.24) is 24.7 Å². The fourth-order valence-corrected chi connectivity index (χ4v) is 3.87. The van der Waals surface area contributed by atoms with Gasteiger partial charge in [0.25, 0.3) is 5.91 Å². The van der Waals surface area contributed by atoms with E-state index in [9.17, 15) is 23.2 Å². The number of hydrogen-bond donors (Lipinski definition) is 3. The number of carboxylic acids is 1. The Kier molecular flexibility index (Phi) is 8.81. The standard InChI is InChI=1S/C26H21N7O2.C2HF3O2/c1-35-22-7-5-20(6-8-22)32-26(34)18-4-2-3-17(11-18)12-21(13-27)33-15-19(14-31-33)24-23-9-10-28-25(23)30-16-29-24;3-2(4,5)1(6)7/h2-11,14-16,21H,12H2,1H3,(H,32,34)(H,28,29,30);(H,6,7). The van der Waals surface area contributed by atoms with E-state index in [1.165, 1.54) is 6.33 Å². The maximum Gasteiger partial charge on any atom is 0.490 e. The third-order valence-electron chi connectivity index (χ3n) is 5.91. The number of aliphatic carboxylic acids is 1. The summed E-state index contributed by atoms with van der Waals surface area (Å²) >= 11 is 0. The van der Waals surface area contributed by atoms with E-state index >= 15 is 0 Å². The summed E-state index contributed by atoms with van der Waals surface area (Å²) in [5.74, 6) is -2.27. The zero-order valence-corrected chi connectivity index (χ0v) is 21.8. The van der Waals surface area contributed by atoms with E-state index in [0.29, 0.717) is 23.4 Å². The number of alkyl halides is 3. The molecule has 42 heavy (non-hydrogen) atoms. The molecule has 11 nitrogen and oxygen atoms in total. The van der Waals surface area contributed by atoms with Gasteiger partial charge >= 0.3 is 12.1 Å². The summed E-state index contributed by atoms with van der Waals surface area (Å²) in [5.41, 5.74) is 4.31. The highest BCUT2D eigenvalue weighted by Crippen LogP contribution is 2.26. The Morgan fingerprint density at radius 1 is 1.17 bits per heavy atom. The first-order valence-corrected chi connectivity index (χ1v) is 12.2. The van der Waals surface area contributed by atoms with Gasteiger partial charge < -0.3 is 20.1 Å². The molecule has 14 heteroatoms. The number of carboxylic acid groups (broad SMARTS) is 1. The average Bonchev–Trinajstić information content (AvgIpc) is 3.66. The number of benzene rings is 2. The van der Waals surface area contributed by atoms with E-state index in [1.54, 1.807) is 54.4 Å². The Bertz CT molecular complexity index is 1740. The topological polar surface area (TPSA) is 159 Å². The van der Waals surface area contributed by atoms with Crippen molar-refractivity contribution < 1.29 is 32.6 Å². The van der Waals surface area contributed by atoms with Crippen LogP contribution in [0.4, 0.5) is 18.9 Å². The number of aromatic nitrogens is 5. The minimum Gasteiger partial charge on any atom is -0.497 e. The number of anilines is 1. The molecule has 5 rings (SSSR count). The molecule has 0 aliphatic rings. The number of fused-ring (bicyclic) bond motifs is 1. The van der Waals surface area contributed by atoms with Gasteiger partial charge in [-0.2, -0.15) is 23.5 Å². The second-order valence-electron chi connectivity index (χ2n) is 8.71. The Balaban J connectivity index is 0.000000517. The molecule has 0 bridgehead atoms. The number of hydrogen-bond acceptors (Lipinski definition) is 7. The third kappa shape index (κ3) is 7.07. The highest BCUT2D eigenvalue weighted by molar-refractivity contribution is 6.04. The van der Waals surface area contributed by atoms with Crippen LogP contribution in [0.25, 0.3) is 22.3 Å². The molecular formula is C28H22F3N7O4. The molecule has 0 saturated heterocycles. The van der Waals surface area contributed by atoms with Gasteiger partial charge in [0.1, 0.15) is 23.8 Å². The first-order valence-electron chi connectivity index (χ1n) is 12.2. The molecular weight excluding hydrogens is 555 g/mol. The number of H-pyrrole nitrogens is 1. The molecule has 0 radical (unpaired) electrons. The van der Waals surface area contributed by atoms with E-state index in [1.807, 2.05) is 30.6 Å². The van der Waals surface area contributed by atoms with Crippen molar-refractivity contribution in [2.75, 3.05) is 12.4 Å². The SMILES string of the molecule is COc1ccc(NC(=O)c2cccc(CC(C#N)n3cc(-c4ncnc5[nH]ccc45)cn3)c2)cc1.O=C(O)C(F)(F)F. The van der Waals surface area contributed by atoms with Crippen LogP contribution in [0.15, 0.2) is 79.5 Å². The molecule has 3 aromatic heterocycles. The van der Waals surface area contributed by atoms with E-state index in [2.05, 4.69) is 31.4 Å². The predicted molar refractivity (Wildman–Crippen MR) is 145 cm³/mol. The number of nitrogens with one attached hydrogen (secondary N) is 2. The smallest absolute Gasteiger partial charge is 0.490 e. The molecule has 0 aliphatic heterocycles. The quantitative estimate of drug-likeness (QED) is 0.243. The lowest BCUT2D eigenvalue weighted by Gasteiger charge is -2.11. The summed E-state index contributed by atoms with van der Waals surface area (Å²) < 4.78 is 38.5. The van der Waals surface area contributed by atoms with Crippen LogP contribution in [0.2, 0.25) is 0 Å². The summed E-state index contributed by atoms with van der Waals surface area (Å²) in [5, 5.41) is 25.1. The molecule has 2 aromatic carbocycles. The molecule has 1 unspecified atom stereocenters. The zero-order chi connectivity index (χ0) is 30.3. The monoisotopic (exact) mass is 577 g/mol. The largest absolute Gasteiger partial charge is 0.497 e. The van der Waals surface area contributed by atoms with Crippen LogP contribution in [0.1, 0.15) is 22.0 Å². The van der Waals surface area contributed by atoms with Gasteiger partial charge in [-0.05, 0) is 48.0 Å². The molecule has 0 fully saturated rings. The molecule has 214 valence electrons. The van der Waals surface area contributed by atoms with Gasteiger partial charge in [0.05, 0.1) is 25.1 Å². The molecule has 0 aliphatic carbocycles. The van der Waals surface area contributed by atoms with Crippen molar-refractivity contribution in [2.24, 2.45) is 0 Å². The van der Waals surface area contributed by atoms with Crippen LogP contribution >= 0.6 is 0 Å². The van der Waals surface area contributed by atoms with Crippen LogP contribution in [0.5, 0.6) is 5.75 Å². The number of carbonyl (C=O) groups excluding carboxylic acids is 1. The molecule has 1 atom stereocenters. The summed E-state index contributed by atoms with van der Waals surface area (Å²) in [6.45, 7) is 0. The van der Waals surface area contributed by atoms with Crippen LogP contribution in [0, 0.1) is 11.3 Å². The fraction of sp³-hybridized carbons (Fsp3) is 0.143. The third-order valence-corrected chi connectivity index (χ3v) is 5.91. The second-order valence-corrected chi connectivity index (χ2v) is 8.71. The molecule has 0 spiro atoms. The fourth-order valence-electron chi connectivity index (χ4n) is 3.87. The lowest BCUT2D eigenvalue weighted by molar-refractivity contribution is -0.192. The van der Waals surface area contributed by atoms with Gasteiger partial charge in [0.2, 0.25) is 0 Å². The Morgan fingerprint density at radius 3 is 2.57 bits per heavy atom. The highest BCUT2D eigenvalue weighted by Gasteiger charge is 2.38. The van der Waals surface area contributed by atoms with Gasteiger partial charge in [-0.1, -0.05) is 12.1 Å². The van der Waals surface area contributed by atoms with Gasteiger partial charge in [0, 0.05) is 41.0 Å². The number of rotatable bonds is 7. The number of halogens is 3. The normalized spacial score (nSPS) is 11.6. The van der Waals surface area contributed by atoms with Gasteiger partial charge in [-0.15, -0.1) is 0 Å². The lowest BCUT2D eigenvalue weighted by Crippen LogP contribution is -2.21. The van der Waals surface area contributed by atoms with Gasteiger partial charge in [0.15, 0.2) is 0 Å². The Labute approximate surface area is 236 Å². The van der Waals surface area contributed by atoms with Gasteiger partial charge in [-0.25, -0.2) is 14.8 Å². The number of aromatic amines is 1. The zero-order valence-electron chi connectivity index (χ0n) is 21.8. The molecule has 0 saturated carbocycles. The van der Waals surface area contributed by atoms with Crippen LogP contribution in [-0.4, -0.2) is 55.0 Å². The lowest BCUT2D eigenvalue weighted by atomic mass is 10.0. The van der Waals surface area contributed by atoms with Crippen LogP contribution in [0.3, 0.4) is 0 Å². The first-order chi connectivity index (χ1) is 20.1. The predicted octanol–water partition coefficient (Wildman–Crippen LogP) is 5.02. The first kappa shape index (κ1) is 29.3. The Morgan fingerprint density at radius 2 is 1.90 bits per heavy atom. The van der Waals surface area contributed by atoms with E-state index in [0.717, 1.165) is 27.9 Å². The van der Waals surface area contributed by atoms with Gasteiger partial charge in [-0.3, -0.25) is 9.48 Å². The van der Waals surface area contributed by atoms with Crippen LogP contribution in [-0.2, 0) is 11.2 Å². The minimum atomic E-state index is -5.08. The van der Waals surface area contributed by atoms with E-state index in [4.69, 9.17) is 14.6 Å². The number of methoxy groups -OCH3 is 1. The summed E-state index contributed by atoms with van der Waals surface area (Å²) in [6.07, 6.45) is 2.12. The molecule has 5 aromatic rings. The molecule has 1 amide bonds. The Hall–Kier alpha value is -5.71. The summed E-state index contributed by atoms with van der Waals surface area (Å²) in [7, 11) is 1.59. The number of nitriles is 1.